The number of aryl methyl sites for hydroxylation is 1. The van der Waals surface area contributed by atoms with Crippen LogP contribution in [-0.4, -0.2) is 36.1 Å². The number of aromatic nitrogens is 3. The Hall–Kier alpha value is -2.25. The van der Waals surface area contributed by atoms with Crippen LogP contribution in [0.5, 0.6) is 0 Å². The summed E-state index contributed by atoms with van der Waals surface area (Å²) >= 11 is 1.67. The van der Waals surface area contributed by atoms with Crippen molar-refractivity contribution in [1.29, 1.82) is 0 Å². The van der Waals surface area contributed by atoms with E-state index in [4.69, 9.17) is 4.98 Å². The number of nitrogens with zero attached hydrogens (tertiary/aromatic N) is 2. The van der Waals surface area contributed by atoms with Crippen molar-refractivity contribution in [3.63, 3.8) is 0 Å². The zero-order valence-corrected chi connectivity index (χ0v) is 18.4. The Balaban J connectivity index is 1.47. The standard InChI is InChI=1S/C22H29N5OS/c1-4-15(2)13-17-16(3)29-22-20(17)21(28)24-18(25-22)14-26-9-11-27(12-10-26)19-7-5-6-8-23-19/h5-8,15H,4,9-14H2,1-3H3,(H,24,25,28)/p+2/t15-/m0/s1. The van der Waals surface area contributed by atoms with E-state index in [9.17, 15) is 4.79 Å². The first kappa shape index (κ1) is 20.0. The van der Waals surface area contributed by atoms with Crippen molar-refractivity contribution in [2.75, 3.05) is 31.1 Å². The minimum absolute atomic E-state index is 0.0320. The zero-order valence-electron chi connectivity index (χ0n) is 17.5. The van der Waals surface area contributed by atoms with Crippen LogP contribution in [0, 0.1) is 12.8 Å². The number of nitrogens with one attached hydrogen (secondary N) is 3. The van der Waals surface area contributed by atoms with E-state index in [1.54, 1.807) is 11.3 Å². The Morgan fingerprint density at radius 3 is 2.83 bits per heavy atom. The van der Waals surface area contributed by atoms with Crippen molar-refractivity contribution < 1.29 is 9.88 Å². The number of aromatic amines is 2. The van der Waals surface area contributed by atoms with Crippen LogP contribution in [0.15, 0.2) is 29.2 Å². The van der Waals surface area contributed by atoms with Crippen molar-refractivity contribution in [2.45, 2.75) is 40.2 Å². The highest BCUT2D eigenvalue weighted by Crippen LogP contribution is 2.29. The lowest BCUT2D eigenvalue weighted by Gasteiger charge is -2.27. The topological polar surface area (TPSA) is 67.6 Å². The van der Waals surface area contributed by atoms with Crippen LogP contribution in [0.1, 0.15) is 36.5 Å². The van der Waals surface area contributed by atoms with Gasteiger partial charge in [0.25, 0.3) is 11.4 Å². The molecule has 0 spiro atoms. The van der Waals surface area contributed by atoms with Gasteiger partial charge in [-0.3, -0.25) is 9.69 Å². The normalized spacial score (nSPS) is 16.4. The first-order valence-corrected chi connectivity index (χ1v) is 11.4. The van der Waals surface area contributed by atoms with Gasteiger partial charge in [0.15, 0.2) is 5.82 Å². The average molecular weight is 414 g/mol. The van der Waals surface area contributed by atoms with Gasteiger partial charge in [-0.1, -0.05) is 26.3 Å². The third-order valence-corrected chi connectivity index (χ3v) is 7.12. The maximum absolute atomic E-state index is 12.9. The fourth-order valence-corrected chi connectivity index (χ4v) is 5.17. The van der Waals surface area contributed by atoms with Crippen LogP contribution in [0.2, 0.25) is 0 Å². The SMILES string of the molecule is CC[C@H](C)Cc1c(C)sc2nc(C[NH+]3CCN(c4cccc[nH+]4)CC3)[nH]c(=O)c12. The molecule has 1 aliphatic rings. The molecule has 4 rings (SSSR count). The van der Waals surface area contributed by atoms with Crippen molar-refractivity contribution in [2.24, 2.45) is 5.92 Å². The number of fused-ring (bicyclic) bond motifs is 1. The molecule has 6 nitrogen and oxygen atoms in total. The van der Waals surface area contributed by atoms with E-state index in [0.29, 0.717) is 5.92 Å². The van der Waals surface area contributed by atoms with Gasteiger partial charge in [0.1, 0.15) is 37.6 Å². The lowest BCUT2D eigenvalue weighted by atomic mass is 9.98. The molecule has 0 radical (unpaired) electrons. The Labute approximate surface area is 175 Å². The molecule has 4 heterocycles. The van der Waals surface area contributed by atoms with Crippen LogP contribution >= 0.6 is 11.3 Å². The monoisotopic (exact) mass is 413 g/mol. The summed E-state index contributed by atoms with van der Waals surface area (Å²) in [6, 6.07) is 6.19. The molecular weight excluding hydrogens is 382 g/mol. The zero-order chi connectivity index (χ0) is 20.4. The Kier molecular flexibility index (Phi) is 5.96. The highest BCUT2D eigenvalue weighted by atomic mass is 32.1. The molecule has 154 valence electrons. The summed E-state index contributed by atoms with van der Waals surface area (Å²) in [7, 11) is 0. The second-order valence-corrected chi connectivity index (χ2v) is 9.41. The summed E-state index contributed by atoms with van der Waals surface area (Å²) in [5, 5.41) is 0.816. The molecule has 3 aromatic rings. The number of thiophene rings is 1. The third kappa shape index (κ3) is 4.36. The number of quaternary nitrogens is 1. The molecule has 3 aromatic heterocycles. The average Bonchev–Trinajstić information content (AvgIpc) is 3.04. The van der Waals surface area contributed by atoms with Crippen LogP contribution in [0.3, 0.4) is 0 Å². The molecule has 0 saturated carbocycles. The molecule has 1 fully saturated rings. The maximum Gasteiger partial charge on any atom is 0.274 e. The molecule has 7 heteroatoms. The van der Waals surface area contributed by atoms with Crippen LogP contribution < -0.4 is 20.3 Å². The molecule has 0 unspecified atom stereocenters. The fourth-order valence-electron chi connectivity index (χ4n) is 4.10. The molecule has 1 saturated heterocycles. The van der Waals surface area contributed by atoms with E-state index in [2.05, 4.69) is 47.8 Å². The Morgan fingerprint density at radius 2 is 2.14 bits per heavy atom. The van der Waals surface area contributed by atoms with Gasteiger partial charge < -0.3 is 9.88 Å². The van der Waals surface area contributed by atoms with Gasteiger partial charge in [-0.15, -0.1) is 11.3 Å². The molecule has 29 heavy (non-hydrogen) atoms. The second kappa shape index (κ2) is 8.63. The van der Waals surface area contributed by atoms with Crippen molar-refractivity contribution in [3.05, 3.63) is 51.0 Å². The minimum atomic E-state index is 0.0320. The third-order valence-electron chi connectivity index (χ3n) is 6.08. The molecule has 3 N–H and O–H groups in total. The van der Waals surface area contributed by atoms with Gasteiger partial charge in [-0.2, -0.15) is 0 Å². The molecule has 0 aliphatic carbocycles. The smallest absolute Gasteiger partial charge is 0.274 e. The van der Waals surface area contributed by atoms with E-state index < -0.39 is 0 Å². The van der Waals surface area contributed by atoms with Crippen LogP contribution in [0.25, 0.3) is 10.2 Å². The molecule has 1 aliphatic heterocycles. The number of pyridine rings is 1. The summed E-state index contributed by atoms with van der Waals surface area (Å²) in [6.07, 6.45) is 4.05. The fraction of sp³-hybridized carbons (Fsp3) is 0.500. The van der Waals surface area contributed by atoms with Crippen molar-refractivity contribution >= 4 is 27.4 Å². The Bertz CT molecular complexity index is 1020. The van der Waals surface area contributed by atoms with Gasteiger partial charge in [-0.05, 0) is 30.9 Å². The minimum Gasteiger partial charge on any atom is -0.322 e. The number of anilines is 1. The summed E-state index contributed by atoms with van der Waals surface area (Å²) in [5.74, 6) is 2.56. The van der Waals surface area contributed by atoms with Gasteiger partial charge in [-0.25, -0.2) is 9.97 Å². The molecule has 0 bridgehead atoms. The summed E-state index contributed by atoms with van der Waals surface area (Å²) in [4.78, 5) is 30.1. The predicted octanol–water partition coefficient (Wildman–Crippen LogP) is 1.60. The lowest BCUT2D eigenvalue weighted by molar-refractivity contribution is -0.915. The highest BCUT2D eigenvalue weighted by molar-refractivity contribution is 7.18. The first-order chi connectivity index (χ1) is 14.0. The number of rotatable bonds is 6. The van der Waals surface area contributed by atoms with Crippen molar-refractivity contribution in [1.82, 2.24) is 9.97 Å². The molecular formula is C22H31N5OS+2. The van der Waals surface area contributed by atoms with Gasteiger partial charge >= 0.3 is 0 Å². The largest absolute Gasteiger partial charge is 0.322 e. The molecule has 1 atom stereocenters. The molecule has 0 aromatic carbocycles. The van der Waals surface area contributed by atoms with Gasteiger partial charge in [0, 0.05) is 10.9 Å². The number of H-pyrrole nitrogens is 2. The first-order valence-electron chi connectivity index (χ1n) is 10.6. The number of piperazine rings is 1. The number of hydrogen-bond acceptors (Lipinski definition) is 4. The van der Waals surface area contributed by atoms with E-state index in [0.717, 1.165) is 61.6 Å². The van der Waals surface area contributed by atoms with Gasteiger partial charge in [0.05, 0.1) is 11.6 Å². The van der Waals surface area contributed by atoms with E-state index in [-0.39, 0.29) is 5.56 Å². The maximum atomic E-state index is 12.9. The number of hydrogen-bond donors (Lipinski definition) is 2. The Morgan fingerprint density at radius 1 is 1.34 bits per heavy atom. The van der Waals surface area contributed by atoms with Crippen LogP contribution in [0.4, 0.5) is 5.82 Å². The summed E-state index contributed by atoms with van der Waals surface area (Å²) < 4.78 is 0. The van der Waals surface area contributed by atoms with Crippen LogP contribution in [-0.2, 0) is 13.0 Å². The second-order valence-electron chi connectivity index (χ2n) is 8.21. The predicted molar refractivity (Wildman–Crippen MR) is 118 cm³/mol. The van der Waals surface area contributed by atoms with E-state index >= 15 is 0 Å². The molecule has 0 amide bonds. The quantitative estimate of drug-likeness (QED) is 0.645. The summed E-state index contributed by atoms with van der Waals surface area (Å²) in [5.41, 5.74) is 1.23. The van der Waals surface area contributed by atoms with Crippen molar-refractivity contribution in [3.8, 4) is 0 Å². The lowest BCUT2D eigenvalue weighted by Crippen LogP contribution is -3.13. The van der Waals surface area contributed by atoms with E-state index in [1.807, 2.05) is 12.3 Å². The van der Waals surface area contributed by atoms with E-state index in [1.165, 1.54) is 21.2 Å². The highest BCUT2D eigenvalue weighted by Gasteiger charge is 2.27. The van der Waals surface area contributed by atoms with Gasteiger partial charge in [0.2, 0.25) is 0 Å². The summed E-state index contributed by atoms with van der Waals surface area (Å²) in [6.45, 7) is 11.4.